The number of rotatable bonds is 3. The van der Waals surface area contributed by atoms with Crippen LogP contribution in [0.3, 0.4) is 0 Å². The van der Waals surface area contributed by atoms with E-state index in [4.69, 9.17) is 0 Å². The van der Waals surface area contributed by atoms with Crippen LogP contribution in [0.5, 0.6) is 0 Å². The number of benzene rings is 1. The number of amides is 2. The largest absolute Gasteiger partial charge is 0.322 e. The molecule has 0 atom stereocenters. The number of nitrogens with one attached hydrogen (secondary N) is 1. The van der Waals surface area contributed by atoms with Crippen LogP contribution in [0.25, 0.3) is 0 Å². The van der Waals surface area contributed by atoms with E-state index in [2.05, 4.69) is 15.2 Å². The van der Waals surface area contributed by atoms with Gasteiger partial charge in [-0.05, 0) is 29.8 Å². The highest BCUT2D eigenvalue weighted by molar-refractivity contribution is 5.89. The standard InChI is InChI=1S/C17H17F3N4O/c18-13-1-2-14(16(20)15(13)19)22-17(25)24-9-7-23(8-10-24)11-12-3-5-21-6-4-12/h1-6H,7-11H2,(H,22,25). The second-order valence-corrected chi connectivity index (χ2v) is 5.77. The summed E-state index contributed by atoms with van der Waals surface area (Å²) in [4.78, 5) is 19.9. The number of halogens is 3. The quantitative estimate of drug-likeness (QED) is 0.866. The normalized spacial score (nSPS) is 15.2. The Morgan fingerprint density at radius 1 is 1.00 bits per heavy atom. The first-order valence-electron chi connectivity index (χ1n) is 7.85. The summed E-state index contributed by atoms with van der Waals surface area (Å²) < 4.78 is 39.8. The number of urea groups is 1. The second-order valence-electron chi connectivity index (χ2n) is 5.77. The minimum Gasteiger partial charge on any atom is -0.322 e. The highest BCUT2D eigenvalue weighted by atomic mass is 19.2. The summed E-state index contributed by atoms with van der Waals surface area (Å²) in [6.45, 7) is 3.01. The molecule has 5 nitrogen and oxygen atoms in total. The van der Waals surface area contributed by atoms with Gasteiger partial charge in [0.2, 0.25) is 0 Å². The van der Waals surface area contributed by atoms with Crippen molar-refractivity contribution < 1.29 is 18.0 Å². The van der Waals surface area contributed by atoms with Crippen LogP contribution in [-0.4, -0.2) is 47.0 Å². The second kappa shape index (κ2) is 7.52. The number of nitrogens with zero attached hydrogens (tertiary/aromatic N) is 3. The minimum absolute atomic E-state index is 0.372. The molecule has 0 saturated carbocycles. The first-order chi connectivity index (χ1) is 12.0. The summed E-state index contributed by atoms with van der Waals surface area (Å²) in [5.74, 6) is -4.29. The van der Waals surface area contributed by atoms with Gasteiger partial charge in [-0.1, -0.05) is 0 Å². The average Bonchev–Trinajstić information content (AvgIpc) is 2.63. The van der Waals surface area contributed by atoms with E-state index in [0.29, 0.717) is 26.2 Å². The van der Waals surface area contributed by atoms with Crippen molar-refractivity contribution in [2.75, 3.05) is 31.5 Å². The maximum Gasteiger partial charge on any atom is 0.322 e. The summed E-state index contributed by atoms with van der Waals surface area (Å²) >= 11 is 0. The van der Waals surface area contributed by atoms with Crippen molar-refractivity contribution in [3.05, 3.63) is 59.7 Å². The first kappa shape index (κ1) is 17.2. The topological polar surface area (TPSA) is 48.5 Å². The Labute approximate surface area is 143 Å². The van der Waals surface area contributed by atoms with Crippen molar-refractivity contribution in [1.82, 2.24) is 14.8 Å². The molecule has 1 N–H and O–H groups in total. The van der Waals surface area contributed by atoms with E-state index in [1.165, 1.54) is 4.90 Å². The predicted octanol–water partition coefficient (Wildman–Crippen LogP) is 2.85. The molecular weight excluding hydrogens is 333 g/mol. The maximum atomic E-state index is 13.6. The molecule has 132 valence electrons. The molecule has 25 heavy (non-hydrogen) atoms. The van der Waals surface area contributed by atoms with Crippen molar-refractivity contribution in [2.45, 2.75) is 6.54 Å². The maximum absolute atomic E-state index is 13.6. The smallest absolute Gasteiger partial charge is 0.322 e. The van der Waals surface area contributed by atoms with Crippen molar-refractivity contribution in [2.24, 2.45) is 0 Å². The van der Waals surface area contributed by atoms with Crippen LogP contribution < -0.4 is 5.32 Å². The van der Waals surface area contributed by atoms with Crippen LogP contribution in [0.15, 0.2) is 36.7 Å². The lowest BCUT2D eigenvalue weighted by atomic mass is 10.2. The van der Waals surface area contributed by atoms with Crippen LogP contribution in [0.2, 0.25) is 0 Å². The molecule has 1 fully saturated rings. The third-order valence-corrected chi connectivity index (χ3v) is 4.09. The molecular formula is C17H17F3N4O. The number of carbonyl (C=O) groups is 1. The van der Waals surface area contributed by atoms with Crippen LogP contribution in [0.4, 0.5) is 23.7 Å². The number of hydrogen-bond acceptors (Lipinski definition) is 3. The SMILES string of the molecule is O=C(Nc1ccc(F)c(F)c1F)N1CCN(Cc2ccncc2)CC1. The van der Waals surface area contributed by atoms with E-state index in [-0.39, 0.29) is 5.69 Å². The number of piperazine rings is 1. The third-order valence-electron chi connectivity index (χ3n) is 4.09. The fourth-order valence-corrected chi connectivity index (χ4v) is 2.67. The van der Waals surface area contributed by atoms with Gasteiger partial charge in [0.05, 0.1) is 5.69 Å². The van der Waals surface area contributed by atoms with Gasteiger partial charge in [-0.3, -0.25) is 9.88 Å². The Kier molecular flexibility index (Phi) is 5.18. The molecule has 0 radical (unpaired) electrons. The Hall–Kier alpha value is -2.61. The molecule has 2 aromatic rings. The van der Waals surface area contributed by atoms with Crippen molar-refractivity contribution in [3.8, 4) is 0 Å². The van der Waals surface area contributed by atoms with Crippen molar-refractivity contribution in [1.29, 1.82) is 0 Å². The zero-order chi connectivity index (χ0) is 17.8. The van der Waals surface area contributed by atoms with E-state index in [1.807, 2.05) is 12.1 Å². The third kappa shape index (κ3) is 4.08. The lowest BCUT2D eigenvalue weighted by Crippen LogP contribution is -2.49. The van der Waals surface area contributed by atoms with Crippen LogP contribution in [-0.2, 0) is 6.54 Å². The predicted molar refractivity (Wildman–Crippen MR) is 86.4 cm³/mol. The molecule has 0 spiro atoms. The van der Waals surface area contributed by atoms with Crippen LogP contribution in [0.1, 0.15) is 5.56 Å². The molecule has 1 aromatic carbocycles. The van der Waals surface area contributed by atoms with Gasteiger partial charge in [0, 0.05) is 45.1 Å². The Morgan fingerprint density at radius 3 is 2.36 bits per heavy atom. The molecule has 3 rings (SSSR count). The van der Waals surface area contributed by atoms with Gasteiger partial charge in [0.15, 0.2) is 17.5 Å². The van der Waals surface area contributed by atoms with Crippen molar-refractivity contribution >= 4 is 11.7 Å². The number of pyridine rings is 1. The molecule has 2 heterocycles. The summed E-state index contributed by atoms with van der Waals surface area (Å²) in [6.07, 6.45) is 3.46. The fourth-order valence-electron chi connectivity index (χ4n) is 2.67. The summed E-state index contributed by atoms with van der Waals surface area (Å²) in [5, 5.41) is 2.29. The lowest BCUT2D eigenvalue weighted by molar-refractivity contribution is 0.143. The molecule has 0 unspecified atom stereocenters. The molecule has 0 bridgehead atoms. The monoisotopic (exact) mass is 350 g/mol. The van der Waals surface area contributed by atoms with Gasteiger partial charge in [-0.15, -0.1) is 0 Å². The first-order valence-corrected chi connectivity index (χ1v) is 7.85. The molecule has 1 aromatic heterocycles. The zero-order valence-corrected chi connectivity index (χ0v) is 13.4. The van der Waals surface area contributed by atoms with Gasteiger partial charge in [-0.25, -0.2) is 18.0 Å². The van der Waals surface area contributed by atoms with Gasteiger partial charge in [0.25, 0.3) is 0 Å². The lowest BCUT2D eigenvalue weighted by Gasteiger charge is -2.34. The van der Waals surface area contributed by atoms with Crippen LogP contribution >= 0.6 is 0 Å². The van der Waals surface area contributed by atoms with E-state index in [0.717, 1.165) is 24.2 Å². The molecule has 1 aliphatic rings. The van der Waals surface area contributed by atoms with Gasteiger partial charge >= 0.3 is 6.03 Å². The number of carbonyl (C=O) groups excluding carboxylic acids is 1. The average molecular weight is 350 g/mol. The summed E-state index contributed by atoms with van der Waals surface area (Å²) in [5.41, 5.74) is 0.764. The van der Waals surface area contributed by atoms with E-state index in [9.17, 15) is 18.0 Å². The number of hydrogen-bond donors (Lipinski definition) is 1. The highest BCUT2D eigenvalue weighted by Gasteiger charge is 2.23. The van der Waals surface area contributed by atoms with Gasteiger partial charge in [0.1, 0.15) is 0 Å². The van der Waals surface area contributed by atoms with E-state index in [1.54, 1.807) is 12.4 Å². The molecule has 0 aliphatic carbocycles. The number of anilines is 1. The molecule has 2 amide bonds. The van der Waals surface area contributed by atoms with Gasteiger partial charge < -0.3 is 10.2 Å². The van der Waals surface area contributed by atoms with E-state index < -0.39 is 23.5 Å². The highest BCUT2D eigenvalue weighted by Crippen LogP contribution is 2.20. The zero-order valence-electron chi connectivity index (χ0n) is 13.4. The molecule has 8 heteroatoms. The fraction of sp³-hybridized carbons (Fsp3) is 0.294. The number of aromatic nitrogens is 1. The minimum atomic E-state index is -1.60. The Balaban J connectivity index is 1.54. The van der Waals surface area contributed by atoms with Crippen LogP contribution in [0, 0.1) is 17.5 Å². The van der Waals surface area contributed by atoms with Gasteiger partial charge in [-0.2, -0.15) is 0 Å². The Morgan fingerprint density at radius 2 is 1.68 bits per heavy atom. The molecule has 1 aliphatic heterocycles. The van der Waals surface area contributed by atoms with Crippen molar-refractivity contribution in [3.63, 3.8) is 0 Å². The summed E-state index contributed by atoms with van der Waals surface area (Å²) in [7, 11) is 0. The van der Waals surface area contributed by atoms with E-state index >= 15 is 0 Å². The molecule has 1 saturated heterocycles. The Bertz CT molecular complexity index is 749. The summed E-state index contributed by atoms with van der Waals surface area (Å²) in [6, 6.07) is 5.12.